The highest BCUT2D eigenvalue weighted by molar-refractivity contribution is 6.31. The van der Waals surface area contributed by atoms with E-state index in [1.54, 1.807) is 36.4 Å². The second-order valence-corrected chi connectivity index (χ2v) is 6.63. The highest BCUT2D eigenvalue weighted by atomic mass is 35.5. The summed E-state index contributed by atoms with van der Waals surface area (Å²) in [7, 11) is 0. The summed E-state index contributed by atoms with van der Waals surface area (Å²) in [6, 6.07) is 11.1. The van der Waals surface area contributed by atoms with E-state index in [0.717, 1.165) is 4.57 Å². The summed E-state index contributed by atoms with van der Waals surface area (Å²) in [5, 5.41) is 1.05. The van der Waals surface area contributed by atoms with E-state index in [1.165, 1.54) is 6.07 Å². The number of aromatic nitrogens is 4. The number of benzene rings is 2. The molecule has 2 N–H and O–H groups in total. The fourth-order valence-corrected chi connectivity index (χ4v) is 3.12. The SMILES string of the molecule is O=C(Cn1c(=O)[nH]c(=O)c2ccccc21)OCc1nc2cc(Cl)ccc2c(=O)[nH]1. The highest BCUT2D eigenvalue weighted by Crippen LogP contribution is 2.14. The van der Waals surface area contributed by atoms with Crippen molar-refractivity contribution in [3.63, 3.8) is 0 Å². The van der Waals surface area contributed by atoms with Crippen LogP contribution in [0.4, 0.5) is 0 Å². The third-order valence-corrected chi connectivity index (χ3v) is 4.51. The maximum atomic E-state index is 12.3. The van der Waals surface area contributed by atoms with Crippen molar-refractivity contribution in [2.75, 3.05) is 0 Å². The average molecular weight is 413 g/mol. The Hall–Kier alpha value is -3.72. The van der Waals surface area contributed by atoms with E-state index in [9.17, 15) is 19.2 Å². The lowest BCUT2D eigenvalue weighted by molar-refractivity contribution is -0.145. The Balaban J connectivity index is 1.57. The molecule has 0 amide bonds. The number of esters is 1. The maximum Gasteiger partial charge on any atom is 0.329 e. The average Bonchev–Trinajstić information content (AvgIpc) is 2.69. The van der Waals surface area contributed by atoms with Crippen LogP contribution in [0.25, 0.3) is 21.8 Å². The van der Waals surface area contributed by atoms with Crippen molar-refractivity contribution in [1.29, 1.82) is 0 Å². The van der Waals surface area contributed by atoms with Gasteiger partial charge in [0.15, 0.2) is 0 Å². The summed E-state index contributed by atoms with van der Waals surface area (Å²) < 4.78 is 6.25. The molecule has 2 aromatic heterocycles. The quantitative estimate of drug-likeness (QED) is 0.487. The number of ether oxygens (including phenoxy) is 1. The van der Waals surface area contributed by atoms with Gasteiger partial charge in [-0.3, -0.25) is 23.9 Å². The van der Waals surface area contributed by atoms with Crippen LogP contribution in [0.1, 0.15) is 5.82 Å². The van der Waals surface area contributed by atoms with Crippen molar-refractivity contribution in [3.8, 4) is 0 Å². The van der Waals surface area contributed by atoms with Gasteiger partial charge in [0.25, 0.3) is 11.1 Å². The Morgan fingerprint density at radius 1 is 1.03 bits per heavy atom. The summed E-state index contributed by atoms with van der Waals surface area (Å²) >= 11 is 5.92. The van der Waals surface area contributed by atoms with Crippen LogP contribution in [0.5, 0.6) is 0 Å². The summed E-state index contributed by atoms with van der Waals surface area (Å²) in [5.74, 6) is -0.602. The Bertz CT molecular complexity index is 1440. The lowest BCUT2D eigenvalue weighted by atomic mass is 10.2. The molecule has 0 aliphatic rings. The highest BCUT2D eigenvalue weighted by Gasteiger charge is 2.13. The van der Waals surface area contributed by atoms with E-state index in [1.807, 2.05) is 0 Å². The fourth-order valence-electron chi connectivity index (χ4n) is 2.95. The molecule has 4 aromatic rings. The van der Waals surface area contributed by atoms with E-state index in [2.05, 4.69) is 15.0 Å². The zero-order chi connectivity index (χ0) is 20.5. The molecule has 146 valence electrons. The Labute approximate surface area is 166 Å². The molecule has 0 bridgehead atoms. The van der Waals surface area contributed by atoms with Crippen molar-refractivity contribution >= 4 is 39.4 Å². The molecule has 0 saturated carbocycles. The smallest absolute Gasteiger partial charge is 0.329 e. The fraction of sp³-hybridized carbons (Fsp3) is 0.105. The third-order valence-electron chi connectivity index (χ3n) is 4.28. The second-order valence-electron chi connectivity index (χ2n) is 6.20. The molecule has 0 spiro atoms. The van der Waals surface area contributed by atoms with Gasteiger partial charge in [-0.15, -0.1) is 0 Å². The number of para-hydroxylation sites is 1. The van der Waals surface area contributed by atoms with E-state index in [0.29, 0.717) is 21.4 Å². The molecule has 0 unspecified atom stereocenters. The second kappa shape index (κ2) is 7.36. The van der Waals surface area contributed by atoms with Crippen molar-refractivity contribution in [2.24, 2.45) is 0 Å². The molecular weight excluding hydrogens is 400 g/mol. The number of hydrogen-bond donors (Lipinski definition) is 2. The topological polar surface area (TPSA) is 127 Å². The largest absolute Gasteiger partial charge is 0.456 e. The summed E-state index contributed by atoms with van der Waals surface area (Å²) in [6.07, 6.45) is 0. The first-order chi connectivity index (χ1) is 13.9. The van der Waals surface area contributed by atoms with Crippen molar-refractivity contribution < 1.29 is 9.53 Å². The number of H-pyrrole nitrogens is 2. The molecule has 0 aliphatic heterocycles. The molecule has 0 aliphatic carbocycles. The Morgan fingerprint density at radius 3 is 2.62 bits per heavy atom. The van der Waals surface area contributed by atoms with Crippen LogP contribution in [0.15, 0.2) is 56.8 Å². The summed E-state index contributed by atoms with van der Waals surface area (Å²) in [6.45, 7) is -0.716. The first-order valence-electron chi connectivity index (χ1n) is 8.48. The van der Waals surface area contributed by atoms with Gasteiger partial charge in [0.05, 0.1) is 21.8 Å². The van der Waals surface area contributed by atoms with Gasteiger partial charge in [-0.25, -0.2) is 9.78 Å². The van der Waals surface area contributed by atoms with Gasteiger partial charge in [0.2, 0.25) is 0 Å². The normalized spacial score (nSPS) is 11.1. The first-order valence-corrected chi connectivity index (χ1v) is 8.86. The van der Waals surface area contributed by atoms with Crippen molar-refractivity contribution in [2.45, 2.75) is 13.2 Å². The predicted molar refractivity (Wildman–Crippen MR) is 106 cm³/mol. The summed E-state index contributed by atoms with van der Waals surface area (Å²) in [5.41, 5.74) is -0.967. The van der Waals surface area contributed by atoms with Gasteiger partial charge in [0.1, 0.15) is 19.0 Å². The van der Waals surface area contributed by atoms with Gasteiger partial charge in [-0.1, -0.05) is 23.7 Å². The number of nitrogens with one attached hydrogen (secondary N) is 2. The third kappa shape index (κ3) is 3.67. The van der Waals surface area contributed by atoms with Crippen LogP contribution < -0.4 is 16.8 Å². The number of halogens is 1. The van der Waals surface area contributed by atoms with Crippen LogP contribution in [0.3, 0.4) is 0 Å². The number of fused-ring (bicyclic) bond motifs is 2. The van der Waals surface area contributed by atoms with Crippen LogP contribution >= 0.6 is 11.6 Å². The zero-order valence-electron chi connectivity index (χ0n) is 14.8. The minimum atomic E-state index is -0.738. The minimum absolute atomic E-state index is 0.136. The van der Waals surface area contributed by atoms with E-state index in [-0.39, 0.29) is 23.4 Å². The van der Waals surface area contributed by atoms with Crippen LogP contribution in [-0.2, 0) is 22.7 Å². The number of rotatable bonds is 4. The Kier molecular flexibility index (Phi) is 4.73. The van der Waals surface area contributed by atoms with Gasteiger partial charge in [-0.2, -0.15) is 0 Å². The van der Waals surface area contributed by atoms with E-state index < -0.39 is 23.8 Å². The molecule has 9 nitrogen and oxygen atoms in total. The molecule has 29 heavy (non-hydrogen) atoms. The molecular formula is C19H13ClN4O5. The molecule has 4 rings (SSSR count). The molecule has 0 saturated heterocycles. The number of carbonyl (C=O) groups excluding carboxylic acids is 1. The van der Waals surface area contributed by atoms with Gasteiger partial charge in [-0.05, 0) is 30.3 Å². The number of aromatic amines is 2. The number of hydrogen-bond acceptors (Lipinski definition) is 6. The monoisotopic (exact) mass is 412 g/mol. The van der Waals surface area contributed by atoms with Gasteiger partial charge >= 0.3 is 11.7 Å². The minimum Gasteiger partial charge on any atom is -0.456 e. The summed E-state index contributed by atoms with van der Waals surface area (Å²) in [4.78, 5) is 57.3. The maximum absolute atomic E-state index is 12.3. The number of nitrogens with zero attached hydrogens (tertiary/aromatic N) is 2. The van der Waals surface area contributed by atoms with Crippen LogP contribution in [-0.4, -0.2) is 25.5 Å². The number of carbonyl (C=O) groups is 1. The Morgan fingerprint density at radius 2 is 1.79 bits per heavy atom. The van der Waals surface area contributed by atoms with Crippen molar-refractivity contribution in [3.05, 3.63) is 84.5 Å². The zero-order valence-corrected chi connectivity index (χ0v) is 15.5. The van der Waals surface area contributed by atoms with Gasteiger partial charge in [0, 0.05) is 5.02 Å². The lowest BCUT2D eigenvalue weighted by Gasteiger charge is -2.09. The molecule has 0 atom stereocenters. The first kappa shape index (κ1) is 18.6. The predicted octanol–water partition coefficient (Wildman–Crippen LogP) is 1.32. The van der Waals surface area contributed by atoms with E-state index >= 15 is 0 Å². The molecule has 0 radical (unpaired) electrons. The van der Waals surface area contributed by atoms with Crippen molar-refractivity contribution in [1.82, 2.24) is 19.5 Å². The van der Waals surface area contributed by atoms with E-state index in [4.69, 9.17) is 16.3 Å². The molecule has 2 aromatic carbocycles. The van der Waals surface area contributed by atoms with Crippen LogP contribution in [0, 0.1) is 0 Å². The standard InChI is InChI=1S/C19H13ClN4O5/c20-10-5-6-11-13(7-10)21-15(22-17(11)26)9-29-16(25)8-24-14-4-2-1-3-12(14)18(27)23-19(24)28/h1-7H,8-9H2,(H,21,22,26)(H,23,27,28). The lowest BCUT2D eigenvalue weighted by Crippen LogP contribution is -2.33. The van der Waals surface area contributed by atoms with Gasteiger partial charge < -0.3 is 9.72 Å². The molecule has 2 heterocycles. The molecule has 0 fully saturated rings. The molecule has 10 heteroatoms. The van der Waals surface area contributed by atoms with Crippen LogP contribution in [0.2, 0.25) is 5.02 Å².